The van der Waals surface area contributed by atoms with Gasteiger partial charge in [0, 0.05) is 22.9 Å². The van der Waals surface area contributed by atoms with Crippen molar-refractivity contribution in [1.82, 2.24) is 9.55 Å². The first-order valence-corrected chi connectivity index (χ1v) is 12.1. The van der Waals surface area contributed by atoms with Crippen LogP contribution < -0.4 is 10.4 Å². The smallest absolute Gasteiger partial charge is 0.330 e. The van der Waals surface area contributed by atoms with Gasteiger partial charge in [0.05, 0.1) is 31.7 Å². The largest absolute Gasteiger partial charge is 0.496 e. The summed E-state index contributed by atoms with van der Waals surface area (Å²) >= 11 is 0. The van der Waals surface area contributed by atoms with E-state index in [2.05, 4.69) is 4.98 Å². The molecular weight excluding hydrogens is 480 g/mol. The van der Waals surface area contributed by atoms with Crippen molar-refractivity contribution < 1.29 is 19.7 Å². The van der Waals surface area contributed by atoms with E-state index in [1.165, 1.54) is 17.8 Å². The molecule has 7 nitrogen and oxygen atoms in total. The number of nitrogens with zero attached hydrogens (tertiary/aromatic N) is 1. The zero-order valence-corrected chi connectivity index (χ0v) is 20.7. The van der Waals surface area contributed by atoms with Crippen molar-refractivity contribution in [3.63, 3.8) is 0 Å². The van der Waals surface area contributed by atoms with Crippen LogP contribution >= 0.6 is 0 Å². The normalized spacial score (nSPS) is 11.3. The van der Waals surface area contributed by atoms with Gasteiger partial charge < -0.3 is 19.9 Å². The number of carbonyl (C=O) groups is 1. The van der Waals surface area contributed by atoms with Gasteiger partial charge >= 0.3 is 5.69 Å². The maximum Gasteiger partial charge on any atom is 0.330 e. The predicted octanol–water partition coefficient (Wildman–Crippen LogP) is 4.88. The van der Waals surface area contributed by atoms with Crippen molar-refractivity contribution in [1.29, 1.82) is 0 Å². The molecule has 190 valence electrons. The van der Waals surface area contributed by atoms with Gasteiger partial charge in [-0.05, 0) is 58.3 Å². The summed E-state index contributed by atoms with van der Waals surface area (Å²) in [4.78, 5) is 28.7. The van der Waals surface area contributed by atoms with Crippen LogP contribution in [0.4, 0.5) is 0 Å². The highest BCUT2D eigenvalue weighted by molar-refractivity contribution is 6.07. The SMILES string of the molecule is COc1cc(/C=C/C(=O)c2cccc(-n3cc(-c4ccc5ccccc5c4)[nH]c3=O)c2)cc(CO)c1CO. The average molecular weight is 507 g/mol. The quantitative estimate of drug-likeness (QED) is 0.206. The minimum Gasteiger partial charge on any atom is -0.496 e. The van der Waals surface area contributed by atoms with Crippen molar-refractivity contribution in [2.45, 2.75) is 13.2 Å². The van der Waals surface area contributed by atoms with Crippen LogP contribution in [-0.2, 0) is 13.2 Å². The number of hydrogen-bond acceptors (Lipinski definition) is 5. The number of aromatic nitrogens is 2. The van der Waals surface area contributed by atoms with Gasteiger partial charge in [-0.3, -0.25) is 9.36 Å². The Morgan fingerprint density at radius 1 is 0.947 bits per heavy atom. The molecule has 7 heteroatoms. The number of methoxy groups -OCH3 is 1. The Bertz CT molecular complexity index is 1700. The Labute approximate surface area is 218 Å². The molecule has 0 fully saturated rings. The van der Waals surface area contributed by atoms with E-state index in [-0.39, 0.29) is 24.7 Å². The lowest BCUT2D eigenvalue weighted by Crippen LogP contribution is -2.14. The summed E-state index contributed by atoms with van der Waals surface area (Å²) in [7, 11) is 1.48. The first kappa shape index (κ1) is 25.0. The highest BCUT2D eigenvalue weighted by Crippen LogP contribution is 2.26. The number of H-pyrrole nitrogens is 1. The van der Waals surface area contributed by atoms with Crippen LogP contribution in [0.2, 0.25) is 0 Å². The minimum absolute atomic E-state index is 0.249. The average Bonchev–Trinajstić information content (AvgIpc) is 3.36. The van der Waals surface area contributed by atoms with Crippen molar-refractivity contribution in [2.24, 2.45) is 0 Å². The van der Waals surface area contributed by atoms with Crippen LogP contribution in [0.3, 0.4) is 0 Å². The zero-order chi connectivity index (χ0) is 26.6. The number of ether oxygens (including phenoxy) is 1. The lowest BCUT2D eigenvalue weighted by Gasteiger charge is -2.12. The highest BCUT2D eigenvalue weighted by Gasteiger charge is 2.12. The number of carbonyl (C=O) groups excluding carboxylic acids is 1. The van der Waals surface area contributed by atoms with Gasteiger partial charge in [0.25, 0.3) is 0 Å². The van der Waals surface area contributed by atoms with Crippen molar-refractivity contribution in [3.8, 4) is 22.7 Å². The van der Waals surface area contributed by atoms with Crippen molar-refractivity contribution >= 4 is 22.6 Å². The van der Waals surface area contributed by atoms with Crippen LogP contribution in [0.5, 0.6) is 5.75 Å². The number of hydrogen-bond donors (Lipinski definition) is 3. The van der Waals surface area contributed by atoms with Crippen LogP contribution in [-0.4, -0.2) is 32.7 Å². The van der Waals surface area contributed by atoms with E-state index in [4.69, 9.17) is 4.74 Å². The number of benzene rings is 4. The van der Waals surface area contributed by atoms with Crippen LogP contribution in [0.1, 0.15) is 27.0 Å². The van der Waals surface area contributed by atoms with Crippen LogP contribution in [0.25, 0.3) is 33.8 Å². The van der Waals surface area contributed by atoms with Gasteiger partial charge in [-0.1, -0.05) is 54.6 Å². The van der Waals surface area contributed by atoms with E-state index in [0.29, 0.717) is 39.4 Å². The molecule has 4 aromatic carbocycles. The molecule has 0 atom stereocenters. The Hall–Kier alpha value is -4.72. The number of rotatable bonds is 8. The number of allylic oxidation sites excluding steroid dienone is 1. The third-order valence-corrected chi connectivity index (χ3v) is 6.49. The lowest BCUT2D eigenvalue weighted by atomic mass is 10.0. The Morgan fingerprint density at radius 2 is 1.76 bits per heavy atom. The summed E-state index contributed by atoms with van der Waals surface area (Å²) < 4.78 is 6.80. The number of nitrogens with one attached hydrogen (secondary N) is 1. The van der Waals surface area contributed by atoms with Gasteiger partial charge in [-0.25, -0.2) is 4.79 Å². The first-order valence-electron chi connectivity index (χ1n) is 12.1. The number of aliphatic hydroxyl groups excluding tert-OH is 2. The number of imidazole rings is 1. The van der Waals surface area contributed by atoms with Gasteiger partial charge in [0.2, 0.25) is 0 Å². The lowest BCUT2D eigenvalue weighted by molar-refractivity contribution is 0.104. The van der Waals surface area contributed by atoms with E-state index in [1.54, 1.807) is 48.7 Å². The maximum absolute atomic E-state index is 13.0. The molecule has 3 N–H and O–H groups in total. The molecule has 0 aliphatic rings. The molecular formula is C31H26N2O5. The molecule has 0 aliphatic carbocycles. The standard InChI is InChI=1S/C31H26N2O5/c1-38-30-14-20(13-25(18-34)27(30)19-35)9-12-29(36)24-7-4-8-26(16-24)33-17-28(32-31(33)37)23-11-10-21-5-2-3-6-22(21)15-23/h2-17,34-35H,18-19H2,1H3,(H,32,37)/b12-9+. The zero-order valence-electron chi connectivity index (χ0n) is 20.7. The number of ketones is 1. The second-order valence-electron chi connectivity index (χ2n) is 8.83. The second-order valence-corrected chi connectivity index (χ2v) is 8.83. The third-order valence-electron chi connectivity index (χ3n) is 6.49. The summed E-state index contributed by atoms with van der Waals surface area (Å²) in [5, 5.41) is 21.4. The summed E-state index contributed by atoms with van der Waals surface area (Å²) in [6.07, 6.45) is 4.78. The summed E-state index contributed by atoms with van der Waals surface area (Å²) in [6.45, 7) is -0.535. The third kappa shape index (κ3) is 4.93. The first-order chi connectivity index (χ1) is 18.5. The minimum atomic E-state index is -0.305. The molecule has 0 bridgehead atoms. The fraction of sp³-hybridized carbons (Fsp3) is 0.0968. The number of aromatic amines is 1. The molecule has 5 rings (SSSR count). The summed E-state index contributed by atoms with van der Waals surface area (Å²) in [5.41, 5.74) is 3.92. The maximum atomic E-state index is 13.0. The van der Waals surface area contributed by atoms with E-state index in [1.807, 2.05) is 42.5 Å². The van der Waals surface area contributed by atoms with E-state index in [9.17, 15) is 19.8 Å². The second kappa shape index (κ2) is 10.7. The molecule has 0 saturated carbocycles. The fourth-order valence-corrected chi connectivity index (χ4v) is 4.49. The highest BCUT2D eigenvalue weighted by atomic mass is 16.5. The molecule has 5 aromatic rings. The Kier molecular flexibility index (Phi) is 7.04. The molecule has 38 heavy (non-hydrogen) atoms. The van der Waals surface area contributed by atoms with Gasteiger partial charge in [0.1, 0.15) is 5.75 Å². The number of aliphatic hydroxyl groups is 2. The van der Waals surface area contributed by atoms with E-state index >= 15 is 0 Å². The van der Waals surface area contributed by atoms with E-state index in [0.717, 1.165) is 16.3 Å². The molecule has 1 heterocycles. The molecule has 1 aromatic heterocycles. The fourth-order valence-electron chi connectivity index (χ4n) is 4.49. The molecule has 0 radical (unpaired) electrons. The van der Waals surface area contributed by atoms with Crippen molar-refractivity contribution in [2.75, 3.05) is 7.11 Å². The van der Waals surface area contributed by atoms with Gasteiger partial charge in [-0.2, -0.15) is 0 Å². The Balaban J connectivity index is 1.42. The molecule has 0 unspecified atom stereocenters. The predicted molar refractivity (Wildman–Crippen MR) is 148 cm³/mol. The summed E-state index contributed by atoms with van der Waals surface area (Å²) in [5.74, 6) is 0.183. The Morgan fingerprint density at radius 3 is 2.53 bits per heavy atom. The molecule has 0 amide bonds. The molecule has 0 spiro atoms. The van der Waals surface area contributed by atoms with Crippen molar-refractivity contribution in [3.05, 3.63) is 124 Å². The van der Waals surface area contributed by atoms with Crippen LogP contribution in [0.15, 0.2) is 95.9 Å². The van der Waals surface area contributed by atoms with Gasteiger partial charge in [-0.15, -0.1) is 0 Å². The van der Waals surface area contributed by atoms with E-state index < -0.39 is 0 Å². The monoisotopic (exact) mass is 506 g/mol. The summed E-state index contributed by atoms with van der Waals surface area (Å²) in [6, 6.07) is 24.3. The topological polar surface area (TPSA) is 105 Å². The molecule has 0 aliphatic heterocycles. The van der Waals surface area contributed by atoms with Crippen LogP contribution in [0, 0.1) is 0 Å². The number of fused-ring (bicyclic) bond motifs is 1. The van der Waals surface area contributed by atoms with Gasteiger partial charge in [0.15, 0.2) is 5.78 Å². The molecule has 0 saturated heterocycles.